The van der Waals surface area contributed by atoms with Crippen molar-refractivity contribution in [2.24, 2.45) is 29.6 Å². The molecule has 8 atom stereocenters. The second kappa shape index (κ2) is 7.91. The summed E-state index contributed by atoms with van der Waals surface area (Å²) in [4.78, 5) is 15.7. The van der Waals surface area contributed by atoms with Crippen LogP contribution in [0, 0.1) is 29.6 Å². The van der Waals surface area contributed by atoms with Gasteiger partial charge >= 0.3 is 0 Å². The van der Waals surface area contributed by atoms with Crippen LogP contribution in [-0.4, -0.2) is 47.2 Å². The van der Waals surface area contributed by atoms with E-state index in [2.05, 4.69) is 17.3 Å². The smallest absolute Gasteiger partial charge is 0.225 e. The summed E-state index contributed by atoms with van der Waals surface area (Å²) in [6.45, 7) is 0. The Kier molecular flexibility index (Phi) is 5.47. The molecule has 4 saturated carbocycles. The van der Waals surface area contributed by atoms with Gasteiger partial charge in [0.25, 0.3) is 0 Å². The SMILES string of the molecule is CN1C2CCCCC2C2CCC3CC(C(=O)NC4CCCCC4)C(O)CC3C21. The van der Waals surface area contributed by atoms with Crippen LogP contribution in [-0.2, 0) is 4.79 Å². The molecule has 4 aliphatic carbocycles. The monoisotopic (exact) mass is 388 g/mol. The van der Waals surface area contributed by atoms with E-state index in [-0.39, 0.29) is 11.8 Å². The van der Waals surface area contributed by atoms with Crippen molar-refractivity contribution in [3.05, 3.63) is 0 Å². The molecule has 5 fully saturated rings. The molecule has 4 nitrogen and oxygen atoms in total. The van der Waals surface area contributed by atoms with E-state index >= 15 is 0 Å². The lowest BCUT2D eigenvalue weighted by Gasteiger charge is -2.49. The van der Waals surface area contributed by atoms with Gasteiger partial charge in [-0.15, -0.1) is 0 Å². The molecule has 0 aromatic carbocycles. The molecule has 1 saturated heterocycles. The number of hydrogen-bond donors (Lipinski definition) is 2. The molecule has 1 amide bonds. The van der Waals surface area contributed by atoms with Crippen LogP contribution >= 0.6 is 0 Å². The fraction of sp³-hybridized carbons (Fsp3) is 0.958. The molecule has 5 rings (SSSR count). The quantitative estimate of drug-likeness (QED) is 0.758. The highest BCUT2D eigenvalue weighted by atomic mass is 16.3. The summed E-state index contributed by atoms with van der Waals surface area (Å²) in [5, 5.41) is 14.3. The molecule has 4 heteroatoms. The Hall–Kier alpha value is -0.610. The van der Waals surface area contributed by atoms with Crippen molar-refractivity contribution in [1.29, 1.82) is 0 Å². The first-order chi connectivity index (χ1) is 13.6. The van der Waals surface area contributed by atoms with E-state index in [1.807, 2.05) is 0 Å². The van der Waals surface area contributed by atoms with Gasteiger partial charge in [0.2, 0.25) is 5.91 Å². The standard InChI is InChI=1S/C24H40N2O2/c1-26-21-10-6-5-9-17(21)18-12-11-15-13-20(22(27)14-19(15)23(18)26)24(28)25-16-7-3-2-4-8-16/h15-23,27H,2-14H2,1H3,(H,25,28). The Bertz CT molecular complexity index is 575. The van der Waals surface area contributed by atoms with Crippen molar-refractivity contribution in [3.63, 3.8) is 0 Å². The molecule has 0 spiro atoms. The second-order valence-electron chi connectivity index (χ2n) is 10.8. The van der Waals surface area contributed by atoms with Gasteiger partial charge in [0.15, 0.2) is 0 Å². The number of nitrogens with zero attached hydrogens (tertiary/aromatic N) is 1. The highest BCUT2D eigenvalue weighted by Crippen LogP contribution is 2.55. The van der Waals surface area contributed by atoms with Crippen molar-refractivity contribution in [2.75, 3.05) is 7.05 Å². The third-order valence-electron chi connectivity index (χ3n) is 9.50. The second-order valence-corrected chi connectivity index (χ2v) is 10.8. The summed E-state index contributed by atoms with van der Waals surface area (Å²) in [6.07, 6.45) is 15.6. The molecule has 28 heavy (non-hydrogen) atoms. The zero-order chi connectivity index (χ0) is 19.3. The molecular weight excluding hydrogens is 348 g/mol. The van der Waals surface area contributed by atoms with Gasteiger partial charge < -0.3 is 10.4 Å². The van der Waals surface area contributed by atoms with Gasteiger partial charge in [-0.2, -0.15) is 0 Å². The summed E-state index contributed by atoms with van der Waals surface area (Å²) in [7, 11) is 2.37. The van der Waals surface area contributed by atoms with Gasteiger partial charge in [-0.25, -0.2) is 0 Å². The highest BCUT2D eigenvalue weighted by molar-refractivity contribution is 5.79. The molecule has 158 valence electrons. The number of hydrogen-bond acceptors (Lipinski definition) is 3. The van der Waals surface area contributed by atoms with Crippen LogP contribution in [0.25, 0.3) is 0 Å². The van der Waals surface area contributed by atoms with Gasteiger partial charge in [0.05, 0.1) is 12.0 Å². The molecule has 5 aliphatic rings. The summed E-state index contributed by atoms with van der Waals surface area (Å²) in [6, 6.07) is 1.79. The lowest BCUT2D eigenvalue weighted by Crippen LogP contribution is -2.53. The van der Waals surface area contributed by atoms with Crippen LogP contribution in [0.2, 0.25) is 0 Å². The lowest BCUT2D eigenvalue weighted by atomic mass is 9.60. The number of aliphatic hydroxyl groups excluding tert-OH is 1. The van der Waals surface area contributed by atoms with Crippen LogP contribution in [0.3, 0.4) is 0 Å². The van der Waals surface area contributed by atoms with Gasteiger partial charge in [-0.3, -0.25) is 9.69 Å². The van der Waals surface area contributed by atoms with Crippen molar-refractivity contribution in [1.82, 2.24) is 10.2 Å². The summed E-state index contributed by atoms with van der Waals surface area (Å²) >= 11 is 0. The van der Waals surface area contributed by atoms with E-state index in [1.165, 1.54) is 57.8 Å². The maximum atomic E-state index is 13.0. The number of rotatable bonds is 2. The molecule has 0 aromatic heterocycles. The lowest BCUT2D eigenvalue weighted by molar-refractivity contribution is -0.135. The first kappa shape index (κ1) is 19.4. The highest BCUT2D eigenvalue weighted by Gasteiger charge is 2.56. The van der Waals surface area contributed by atoms with E-state index in [1.54, 1.807) is 0 Å². The fourth-order valence-electron chi connectivity index (χ4n) is 8.21. The Balaban J connectivity index is 1.26. The summed E-state index contributed by atoms with van der Waals surface area (Å²) in [5.41, 5.74) is 0. The normalized spacial score (nSPS) is 47.1. The van der Waals surface area contributed by atoms with Crippen LogP contribution in [0.5, 0.6) is 0 Å². The van der Waals surface area contributed by atoms with Gasteiger partial charge in [-0.05, 0) is 82.1 Å². The molecule has 1 heterocycles. The average Bonchev–Trinajstić information content (AvgIpc) is 3.01. The van der Waals surface area contributed by atoms with Crippen LogP contribution in [0.1, 0.15) is 83.5 Å². The molecule has 8 unspecified atom stereocenters. The number of fused-ring (bicyclic) bond motifs is 5. The van der Waals surface area contributed by atoms with Crippen LogP contribution < -0.4 is 5.32 Å². The van der Waals surface area contributed by atoms with Crippen molar-refractivity contribution in [2.45, 2.75) is 108 Å². The average molecular weight is 389 g/mol. The first-order valence-electron chi connectivity index (χ1n) is 12.3. The van der Waals surface area contributed by atoms with E-state index in [0.29, 0.717) is 23.9 Å². The Labute approximate surface area is 170 Å². The van der Waals surface area contributed by atoms with Crippen LogP contribution in [0.4, 0.5) is 0 Å². The van der Waals surface area contributed by atoms with Gasteiger partial charge in [-0.1, -0.05) is 32.1 Å². The predicted octanol–water partition coefficient (Wildman–Crippen LogP) is 3.72. The Morgan fingerprint density at radius 3 is 2.43 bits per heavy atom. The molecule has 2 N–H and O–H groups in total. The zero-order valence-corrected chi connectivity index (χ0v) is 17.7. The van der Waals surface area contributed by atoms with Gasteiger partial charge in [0, 0.05) is 18.1 Å². The van der Waals surface area contributed by atoms with Crippen molar-refractivity contribution >= 4 is 5.91 Å². The number of amides is 1. The van der Waals surface area contributed by atoms with E-state index in [9.17, 15) is 9.90 Å². The minimum atomic E-state index is -0.445. The number of aliphatic hydroxyl groups is 1. The third-order valence-corrected chi connectivity index (χ3v) is 9.50. The van der Waals surface area contributed by atoms with E-state index < -0.39 is 6.10 Å². The van der Waals surface area contributed by atoms with Crippen LogP contribution in [0.15, 0.2) is 0 Å². The molecule has 0 bridgehead atoms. The maximum absolute atomic E-state index is 13.0. The molecule has 0 aromatic rings. The minimum absolute atomic E-state index is 0.147. The minimum Gasteiger partial charge on any atom is -0.392 e. The number of carbonyl (C=O) groups excluding carboxylic acids is 1. The number of nitrogens with one attached hydrogen (secondary N) is 1. The first-order valence-corrected chi connectivity index (χ1v) is 12.3. The summed E-state index contributed by atoms with van der Waals surface area (Å²) in [5.74, 6) is 2.95. The Morgan fingerprint density at radius 1 is 0.857 bits per heavy atom. The van der Waals surface area contributed by atoms with Crippen molar-refractivity contribution < 1.29 is 9.90 Å². The topological polar surface area (TPSA) is 52.6 Å². The summed E-state index contributed by atoms with van der Waals surface area (Å²) < 4.78 is 0. The molecular formula is C24H40N2O2. The number of carbonyl (C=O) groups is 1. The fourth-order valence-corrected chi connectivity index (χ4v) is 8.21. The van der Waals surface area contributed by atoms with E-state index in [0.717, 1.165) is 43.6 Å². The predicted molar refractivity (Wildman–Crippen MR) is 111 cm³/mol. The van der Waals surface area contributed by atoms with Crippen molar-refractivity contribution in [3.8, 4) is 0 Å². The Morgan fingerprint density at radius 2 is 1.61 bits per heavy atom. The van der Waals surface area contributed by atoms with Gasteiger partial charge in [0.1, 0.15) is 0 Å². The van der Waals surface area contributed by atoms with E-state index in [4.69, 9.17) is 0 Å². The number of likely N-dealkylation sites (tertiary alicyclic amines) is 1. The molecule has 0 radical (unpaired) electrons. The maximum Gasteiger partial charge on any atom is 0.225 e. The molecule has 1 aliphatic heterocycles. The zero-order valence-electron chi connectivity index (χ0n) is 17.7. The third kappa shape index (κ3) is 3.33. The largest absolute Gasteiger partial charge is 0.392 e.